The summed E-state index contributed by atoms with van der Waals surface area (Å²) in [7, 11) is 2.03. The summed E-state index contributed by atoms with van der Waals surface area (Å²) in [4.78, 5) is 25.6. The van der Waals surface area contributed by atoms with Gasteiger partial charge in [-0.1, -0.05) is 30.3 Å². The highest BCUT2D eigenvalue weighted by atomic mass is 16.5. The molecular weight excluding hydrogens is 542 g/mol. The van der Waals surface area contributed by atoms with Gasteiger partial charge in [0.25, 0.3) is 5.91 Å². The summed E-state index contributed by atoms with van der Waals surface area (Å²) in [5.74, 6) is 0.605. The lowest BCUT2D eigenvalue weighted by molar-refractivity contribution is 0.0706. The number of rotatable bonds is 7. The average molecular weight is 580 g/mol. The molecule has 0 spiro atoms. The van der Waals surface area contributed by atoms with Crippen molar-refractivity contribution in [3.8, 4) is 11.3 Å². The number of aromatic nitrogens is 5. The predicted octanol–water partition coefficient (Wildman–Crippen LogP) is 4.77. The molecule has 2 aliphatic rings. The summed E-state index contributed by atoms with van der Waals surface area (Å²) >= 11 is 0. The number of carbonyl (C=O) groups excluding carboxylic acids is 1. The zero-order valence-corrected chi connectivity index (χ0v) is 24.4. The molecule has 2 fully saturated rings. The van der Waals surface area contributed by atoms with Crippen molar-refractivity contribution in [3.63, 3.8) is 0 Å². The molecule has 10 nitrogen and oxygen atoms in total. The zero-order chi connectivity index (χ0) is 29.3. The topological polar surface area (TPSA) is 110 Å². The Morgan fingerprint density at radius 3 is 2.74 bits per heavy atom. The van der Waals surface area contributed by atoms with Crippen LogP contribution in [0, 0.1) is 0 Å². The van der Waals surface area contributed by atoms with Gasteiger partial charge in [0.1, 0.15) is 17.0 Å². The first kappa shape index (κ1) is 27.5. The number of pyridine rings is 1. The molecule has 1 aliphatic heterocycles. The molecule has 2 atom stereocenters. The van der Waals surface area contributed by atoms with Crippen molar-refractivity contribution >= 4 is 28.4 Å². The maximum absolute atomic E-state index is 13.6. The molecule has 4 aromatic heterocycles. The molecule has 1 aliphatic carbocycles. The van der Waals surface area contributed by atoms with Crippen LogP contribution in [0.3, 0.4) is 0 Å². The number of nitrogens with zero attached hydrogens (tertiary/aromatic N) is 6. The van der Waals surface area contributed by atoms with Crippen LogP contribution in [-0.4, -0.2) is 67.6 Å². The smallest absolute Gasteiger partial charge is 0.256 e. The Balaban J connectivity index is 1.34. The summed E-state index contributed by atoms with van der Waals surface area (Å²) in [5.41, 5.74) is 4.73. The Kier molecular flexibility index (Phi) is 7.54. The van der Waals surface area contributed by atoms with E-state index < -0.39 is 0 Å². The number of aliphatic hydroxyl groups is 1. The normalized spacial score (nSPS) is 19.6. The van der Waals surface area contributed by atoms with E-state index in [0.717, 1.165) is 79.0 Å². The summed E-state index contributed by atoms with van der Waals surface area (Å²) in [6.45, 7) is 2.13. The van der Waals surface area contributed by atoms with Crippen LogP contribution in [0.25, 0.3) is 27.9 Å². The van der Waals surface area contributed by atoms with Crippen LogP contribution < -0.4 is 10.2 Å². The van der Waals surface area contributed by atoms with Gasteiger partial charge >= 0.3 is 0 Å². The third-order valence-electron chi connectivity index (χ3n) is 8.78. The Morgan fingerprint density at radius 1 is 1.09 bits per heavy atom. The minimum Gasteiger partial charge on any atom is -0.393 e. The van der Waals surface area contributed by atoms with Gasteiger partial charge in [-0.15, -0.1) is 0 Å². The molecule has 222 valence electrons. The van der Waals surface area contributed by atoms with Crippen LogP contribution in [0.2, 0.25) is 0 Å². The first-order chi connectivity index (χ1) is 21.0. The lowest BCUT2D eigenvalue weighted by atomic mass is 9.93. The molecule has 5 heterocycles. The third-order valence-corrected chi connectivity index (χ3v) is 8.78. The minimum absolute atomic E-state index is 0.0712. The lowest BCUT2D eigenvalue weighted by Crippen LogP contribution is -2.39. The van der Waals surface area contributed by atoms with Gasteiger partial charge in [0.2, 0.25) is 0 Å². The maximum atomic E-state index is 13.6. The largest absolute Gasteiger partial charge is 0.393 e. The molecule has 5 aromatic rings. The Morgan fingerprint density at radius 2 is 1.93 bits per heavy atom. The Labute approximate surface area is 250 Å². The number of hydrogen-bond acceptors (Lipinski definition) is 7. The van der Waals surface area contributed by atoms with Gasteiger partial charge in [0.15, 0.2) is 5.65 Å². The number of hydrogen-bond donors (Lipinski definition) is 2. The molecule has 10 heteroatoms. The fraction of sp³-hybridized carbons (Fsp3) is 0.394. The number of aliphatic hydroxyl groups excluding tert-OH is 1. The second-order valence-corrected chi connectivity index (χ2v) is 11.8. The van der Waals surface area contributed by atoms with E-state index in [2.05, 4.69) is 50.3 Å². The van der Waals surface area contributed by atoms with Gasteiger partial charge in [-0.2, -0.15) is 9.61 Å². The minimum atomic E-state index is -0.382. The molecule has 0 radical (unpaired) electrons. The number of anilines is 1. The SMILES string of the molecule is CN(Cc1ccccc1)c1cc(-c2cn(C3CCOCC3)c3ncccc23)nc2c(C(=O)N[C@@H]3CCC[C@@H](O)C3)cnn12. The summed E-state index contributed by atoms with van der Waals surface area (Å²) in [5, 5.41) is 19.0. The number of nitrogens with one attached hydrogen (secondary N) is 1. The highest BCUT2D eigenvalue weighted by molar-refractivity contribution is 6.01. The van der Waals surface area contributed by atoms with Gasteiger partial charge in [0, 0.05) is 68.3 Å². The number of benzene rings is 1. The third kappa shape index (κ3) is 5.48. The van der Waals surface area contributed by atoms with Crippen molar-refractivity contribution in [1.82, 2.24) is 29.5 Å². The highest BCUT2D eigenvalue weighted by Gasteiger charge is 2.26. The molecule has 1 saturated heterocycles. The van der Waals surface area contributed by atoms with Crippen molar-refractivity contribution < 1.29 is 14.6 Å². The maximum Gasteiger partial charge on any atom is 0.256 e. The molecule has 1 saturated carbocycles. The van der Waals surface area contributed by atoms with Gasteiger partial charge in [-0.25, -0.2) is 9.97 Å². The van der Waals surface area contributed by atoms with Crippen LogP contribution in [-0.2, 0) is 11.3 Å². The lowest BCUT2D eigenvalue weighted by Gasteiger charge is -2.26. The molecule has 2 N–H and O–H groups in total. The van der Waals surface area contributed by atoms with E-state index in [-0.39, 0.29) is 18.1 Å². The molecule has 7 rings (SSSR count). The summed E-state index contributed by atoms with van der Waals surface area (Å²) < 4.78 is 9.66. The first-order valence-corrected chi connectivity index (χ1v) is 15.2. The fourth-order valence-corrected chi connectivity index (χ4v) is 6.54. The van der Waals surface area contributed by atoms with E-state index in [1.807, 2.05) is 37.5 Å². The number of fused-ring (bicyclic) bond motifs is 2. The fourth-order valence-electron chi connectivity index (χ4n) is 6.54. The molecule has 0 unspecified atom stereocenters. The van der Waals surface area contributed by atoms with E-state index in [0.29, 0.717) is 30.2 Å². The molecular formula is C33H37N7O3. The zero-order valence-electron chi connectivity index (χ0n) is 24.4. The Hall–Kier alpha value is -4.28. The van der Waals surface area contributed by atoms with Crippen molar-refractivity contribution in [1.29, 1.82) is 0 Å². The van der Waals surface area contributed by atoms with Crippen molar-refractivity contribution in [2.24, 2.45) is 0 Å². The number of ether oxygens (including phenoxy) is 1. The summed E-state index contributed by atoms with van der Waals surface area (Å²) in [6.07, 6.45) is 10.2. The monoisotopic (exact) mass is 579 g/mol. The van der Waals surface area contributed by atoms with Crippen LogP contribution in [0.1, 0.15) is 60.5 Å². The van der Waals surface area contributed by atoms with E-state index in [9.17, 15) is 9.90 Å². The van der Waals surface area contributed by atoms with E-state index in [1.165, 1.54) is 0 Å². The molecule has 1 amide bonds. The van der Waals surface area contributed by atoms with Crippen LogP contribution in [0.5, 0.6) is 0 Å². The van der Waals surface area contributed by atoms with Crippen molar-refractivity contribution in [2.45, 2.75) is 63.3 Å². The number of carbonyl (C=O) groups is 1. The summed E-state index contributed by atoms with van der Waals surface area (Å²) in [6, 6.07) is 16.6. The van der Waals surface area contributed by atoms with E-state index >= 15 is 0 Å². The molecule has 1 aromatic carbocycles. The van der Waals surface area contributed by atoms with Crippen molar-refractivity contribution in [2.75, 3.05) is 25.2 Å². The quantitative estimate of drug-likeness (QED) is 0.286. The van der Waals surface area contributed by atoms with Crippen LogP contribution in [0.4, 0.5) is 5.82 Å². The standard InChI is InChI=1S/C33H37N7O3/c1-38(20-22-7-3-2-4-8-22)30-18-29(28-21-39(24-12-15-43-16-13-24)31-26(28)11-6-14-34-31)37-32-27(19-35-40(30)32)33(42)36-23-9-5-10-25(41)17-23/h2-4,6-8,11,14,18-19,21,23-25,41H,5,9-10,12-13,15-17,20H2,1H3,(H,36,42)/t23-,25-/m1/s1. The molecule has 0 bridgehead atoms. The van der Waals surface area contributed by atoms with Gasteiger partial charge in [0.05, 0.1) is 18.0 Å². The number of amides is 1. The van der Waals surface area contributed by atoms with Gasteiger partial charge in [-0.05, 0) is 56.2 Å². The molecule has 43 heavy (non-hydrogen) atoms. The van der Waals surface area contributed by atoms with Gasteiger partial charge in [-0.3, -0.25) is 4.79 Å². The van der Waals surface area contributed by atoms with E-state index in [1.54, 1.807) is 10.7 Å². The highest BCUT2D eigenvalue weighted by Crippen LogP contribution is 2.35. The first-order valence-electron chi connectivity index (χ1n) is 15.2. The predicted molar refractivity (Wildman–Crippen MR) is 165 cm³/mol. The second kappa shape index (κ2) is 11.8. The average Bonchev–Trinajstić information content (AvgIpc) is 3.64. The Bertz CT molecular complexity index is 1740. The second-order valence-electron chi connectivity index (χ2n) is 11.8. The van der Waals surface area contributed by atoms with E-state index in [4.69, 9.17) is 14.7 Å². The van der Waals surface area contributed by atoms with Gasteiger partial charge < -0.3 is 24.6 Å². The van der Waals surface area contributed by atoms with Crippen molar-refractivity contribution in [3.05, 3.63) is 78.2 Å². The van der Waals surface area contributed by atoms with Crippen LogP contribution in [0.15, 0.2) is 67.1 Å². The van der Waals surface area contributed by atoms with Crippen LogP contribution >= 0.6 is 0 Å².